The minimum Gasteiger partial charge on any atom is -0.383 e. The molecule has 1 aromatic carbocycles. The number of hydrogen-bond acceptors (Lipinski definition) is 6. The normalized spacial score (nSPS) is 12.1. The summed E-state index contributed by atoms with van der Waals surface area (Å²) in [6, 6.07) is 9.85. The van der Waals surface area contributed by atoms with Crippen LogP contribution in [0.3, 0.4) is 0 Å². The van der Waals surface area contributed by atoms with Crippen molar-refractivity contribution in [2.45, 2.75) is 25.8 Å². The van der Waals surface area contributed by atoms with E-state index in [-0.39, 0.29) is 11.8 Å². The number of hydrogen-bond donors (Lipinski definition) is 2. The van der Waals surface area contributed by atoms with Crippen molar-refractivity contribution in [1.82, 2.24) is 25.1 Å². The largest absolute Gasteiger partial charge is 0.383 e. The van der Waals surface area contributed by atoms with E-state index in [1.165, 1.54) is 6.33 Å². The van der Waals surface area contributed by atoms with Crippen molar-refractivity contribution in [3.63, 3.8) is 0 Å². The highest BCUT2D eigenvalue weighted by Gasteiger charge is 2.18. The smallest absolute Gasteiger partial charge is 0.227 e. The van der Waals surface area contributed by atoms with Crippen LogP contribution in [-0.2, 0) is 16.1 Å². The Labute approximate surface area is 164 Å². The van der Waals surface area contributed by atoms with Crippen LogP contribution in [0.2, 0.25) is 0 Å². The summed E-state index contributed by atoms with van der Waals surface area (Å²) in [7, 11) is 1.66. The molecule has 1 unspecified atom stereocenters. The molecule has 3 rings (SSSR count). The van der Waals surface area contributed by atoms with E-state index >= 15 is 0 Å². The van der Waals surface area contributed by atoms with Crippen LogP contribution in [0.1, 0.15) is 24.8 Å². The van der Waals surface area contributed by atoms with Crippen molar-refractivity contribution < 1.29 is 9.53 Å². The third-order valence-corrected chi connectivity index (χ3v) is 4.58. The predicted molar refractivity (Wildman–Crippen MR) is 108 cm³/mol. The maximum atomic E-state index is 12.6. The second kappa shape index (κ2) is 9.80. The Kier molecular flexibility index (Phi) is 6.91. The quantitative estimate of drug-likeness (QED) is 0.522. The zero-order valence-electron chi connectivity index (χ0n) is 16.3. The molecule has 0 radical (unpaired) electrons. The first-order valence-electron chi connectivity index (χ1n) is 9.46. The van der Waals surface area contributed by atoms with Gasteiger partial charge in [0, 0.05) is 20.2 Å². The molecule has 0 saturated carbocycles. The minimum atomic E-state index is -0.144. The molecule has 2 N–H and O–H groups in total. The van der Waals surface area contributed by atoms with Crippen LogP contribution in [-0.4, -0.2) is 52.5 Å². The lowest BCUT2D eigenvalue weighted by Crippen LogP contribution is -2.32. The molecule has 0 saturated heterocycles. The SMILES string of the molecule is CCC(C(=O)NCCn1ncc2c(NCCOC)ncnc21)c1ccccc1. The van der Waals surface area contributed by atoms with Gasteiger partial charge in [-0.1, -0.05) is 37.3 Å². The third-order valence-electron chi connectivity index (χ3n) is 4.58. The second-order valence-electron chi connectivity index (χ2n) is 6.41. The first kappa shape index (κ1) is 19.8. The molecule has 0 aliphatic heterocycles. The van der Waals surface area contributed by atoms with Gasteiger partial charge in [-0.25, -0.2) is 14.6 Å². The fraction of sp³-hybridized carbons (Fsp3) is 0.400. The summed E-state index contributed by atoms with van der Waals surface area (Å²) in [4.78, 5) is 21.2. The number of anilines is 1. The van der Waals surface area contributed by atoms with Gasteiger partial charge in [-0.2, -0.15) is 5.10 Å². The maximum absolute atomic E-state index is 12.6. The average molecular weight is 382 g/mol. The summed E-state index contributed by atoms with van der Waals surface area (Å²) in [5, 5.41) is 11.5. The molecule has 0 spiro atoms. The number of carbonyl (C=O) groups is 1. The minimum absolute atomic E-state index is 0.0294. The van der Waals surface area contributed by atoms with Gasteiger partial charge in [0.2, 0.25) is 5.91 Å². The zero-order chi connectivity index (χ0) is 19.8. The van der Waals surface area contributed by atoms with Crippen molar-refractivity contribution >= 4 is 22.8 Å². The van der Waals surface area contributed by atoms with E-state index < -0.39 is 0 Å². The molecule has 148 valence electrons. The van der Waals surface area contributed by atoms with E-state index in [9.17, 15) is 4.79 Å². The Bertz CT molecular complexity index is 896. The molecule has 0 fully saturated rings. The van der Waals surface area contributed by atoms with Crippen LogP contribution >= 0.6 is 0 Å². The zero-order valence-corrected chi connectivity index (χ0v) is 16.3. The van der Waals surface area contributed by atoms with Gasteiger partial charge in [-0.3, -0.25) is 4.79 Å². The molecule has 1 atom stereocenters. The number of nitrogens with zero attached hydrogens (tertiary/aromatic N) is 4. The molecule has 3 aromatic rings. The van der Waals surface area contributed by atoms with Crippen LogP contribution in [0, 0.1) is 0 Å². The van der Waals surface area contributed by atoms with E-state index in [0.717, 1.165) is 28.8 Å². The fourth-order valence-corrected chi connectivity index (χ4v) is 3.13. The summed E-state index contributed by atoms with van der Waals surface area (Å²) in [5.74, 6) is 0.614. The van der Waals surface area contributed by atoms with E-state index in [1.807, 2.05) is 37.3 Å². The second-order valence-corrected chi connectivity index (χ2v) is 6.41. The van der Waals surface area contributed by atoms with Gasteiger partial charge in [0.25, 0.3) is 0 Å². The average Bonchev–Trinajstić information content (AvgIpc) is 3.14. The number of fused-ring (bicyclic) bond motifs is 1. The van der Waals surface area contributed by atoms with E-state index in [2.05, 4.69) is 25.7 Å². The number of methoxy groups -OCH3 is 1. The predicted octanol–water partition coefficient (Wildman–Crippen LogP) is 2.19. The van der Waals surface area contributed by atoms with Crippen molar-refractivity contribution in [2.24, 2.45) is 0 Å². The van der Waals surface area contributed by atoms with Gasteiger partial charge in [0.15, 0.2) is 5.65 Å². The molecule has 2 aromatic heterocycles. The molecule has 0 bridgehead atoms. The number of carbonyl (C=O) groups excluding carboxylic acids is 1. The highest BCUT2D eigenvalue weighted by Crippen LogP contribution is 2.20. The topological polar surface area (TPSA) is 94.0 Å². The molecular weight excluding hydrogens is 356 g/mol. The Morgan fingerprint density at radius 3 is 2.79 bits per heavy atom. The fourth-order valence-electron chi connectivity index (χ4n) is 3.13. The lowest BCUT2D eigenvalue weighted by molar-refractivity contribution is -0.122. The highest BCUT2D eigenvalue weighted by molar-refractivity contribution is 5.86. The number of rotatable bonds is 10. The Hall–Kier alpha value is -3.00. The van der Waals surface area contributed by atoms with Crippen LogP contribution in [0.25, 0.3) is 11.0 Å². The van der Waals surface area contributed by atoms with E-state index in [4.69, 9.17) is 4.74 Å². The maximum Gasteiger partial charge on any atom is 0.227 e. The van der Waals surface area contributed by atoms with Crippen molar-refractivity contribution in [3.8, 4) is 0 Å². The molecule has 0 aliphatic rings. The molecule has 0 aliphatic carbocycles. The number of benzene rings is 1. The number of nitrogens with one attached hydrogen (secondary N) is 2. The Balaban J connectivity index is 1.61. The monoisotopic (exact) mass is 382 g/mol. The van der Waals surface area contributed by atoms with Crippen LogP contribution in [0.15, 0.2) is 42.9 Å². The first-order chi connectivity index (χ1) is 13.7. The van der Waals surface area contributed by atoms with Crippen molar-refractivity contribution in [1.29, 1.82) is 0 Å². The van der Waals surface area contributed by atoms with Crippen molar-refractivity contribution in [2.75, 3.05) is 32.1 Å². The Morgan fingerprint density at radius 2 is 2.04 bits per heavy atom. The van der Waals surface area contributed by atoms with Gasteiger partial charge in [-0.15, -0.1) is 0 Å². The summed E-state index contributed by atoms with van der Waals surface area (Å²) in [6.45, 7) is 4.28. The number of ether oxygens (including phenoxy) is 1. The van der Waals surface area contributed by atoms with Crippen LogP contribution in [0.5, 0.6) is 0 Å². The summed E-state index contributed by atoms with van der Waals surface area (Å²) in [5.41, 5.74) is 1.77. The Morgan fingerprint density at radius 1 is 1.21 bits per heavy atom. The van der Waals surface area contributed by atoms with Gasteiger partial charge in [-0.05, 0) is 12.0 Å². The number of amides is 1. The molecule has 2 heterocycles. The summed E-state index contributed by atoms with van der Waals surface area (Å²) >= 11 is 0. The lowest BCUT2D eigenvalue weighted by atomic mass is 9.96. The van der Waals surface area contributed by atoms with Gasteiger partial charge < -0.3 is 15.4 Å². The lowest BCUT2D eigenvalue weighted by Gasteiger charge is -2.15. The summed E-state index contributed by atoms with van der Waals surface area (Å²) < 4.78 is 6.83. The summed E-state index contributed by atoms with van der Waals surface area (Å²) in [6.07, 6.45) is 4.01. The third kappa shape index (κ3) is 4.64. The van der Waals surface area contributed by atoms with E-state index in [0.29, 0.717) is 26.2 Å². The van der Waals surface area contributed by atoms with Gasteiger partial charge in [0.1, 0.15) is 12.1 Å². The molecule has 8 heteroatoms. The van der Waals surface area contributed by atoms with Gasteiger partial charge >= 0.3 is 0 Å². The van der Waals surface area contributed by atoms with Crippen LogP contribution in [0.4, 0.5) is 5.82 Å². The van der Waals surface area contributed by atoms with Gasteiger partial charge in [0.05, 0.1) is 30.7 Å². The molecule has 8 nitrogen and oxygen atoms in total. The van der Waals surface area contributed by atoms with Crippen molar-refractivity contribution in [3.05, 3.63) is 48.4 Å². The highest BCUT2D eigenvalue weighted by atomic mass is 16.5. The number of aromatic nitrogens is 4. The van der Waals surface area contributed by atoms with E-state index in [1.54, 1.807) is 18.0 Å². The molecular formula is C20H26N6O2. The first-order valence-corrected chi connectivity index (χ1v) is 9.46. The standard InChI is InChI=1S/C20H26N6O2/c1-3-16(15-7-5-4-6-8-15)20(27)22-9-11-26-19-17(13-25-26)18(23-14-24-19)21-10-12-28-2/h4-8,13-14,16H,3,9-12H2,1-2H3,(H,22,27)(H,21,23,24). The molecule has 1 amide bonds. The molecule has 28 heavy (non-hydrogen) atoms. The van der Waals surface area contributed by atoms with Crippen LogP contribution < -0.4 is 10.6 Å².